The van der Waals surface area contributed by atoms with Gasteiger partial charge in [-0.1, -0.05) is 19.3 Å². The molecule has 1 aromatic rings. The lowest BCUT2D eigenvalue weighted by Crippen LogP contribution is -2.39. The molecule has 0 amide bonds. The van der Waals surface area contributed by atoms with Gasteiger partial charge in [-0.3, -0.25) is 0 Å². The first-order valence-corrected chi connectivity index (χ1v) is 7.56. The molecule has 1 aliphatic carbocycles. The van der Waals surface area contributed by atoms with Crippen molar-refractivity contribution in [2.75, 3.05) is 5.32 Å². The molecule has 112 valence electrons. The largest absolute Gasteiger partial charge is 0.416 e. The summed E-state index contributed by atoms with van der Waals surface area (Å²) in [5, 5.41) is 3.28. The van der Waals surface area contributed by atoms with E-state index in [4.69, 9.17) is 5.73 Å². The van der Waals surface area contributed by atoms with E-state index in [2.05, 4.69) is 21.2 Å². The summed E-state index contributed by atoms with van der Waals surface area (Å²) < 4.78 is 38.3. The maximum atomic E-state index is 12.6. The Morgan fingerprint density at radius 1 is 1.15 bits per heavy atom. The summed E-state index contributed by atoms with van der Waals surface area (Å²) in [5.41, 5.74) is 6.13. The SMILES string of the molecule is NC1CCCCCC1Nc1ccc(C(F)(F)F)cc1Br. The van der Waals surface area contributed by atoms with Crippen molar-refractivity contribution in [3.8, 4) is 0 Å². The van der Waals surface area contributed by atoms with Gasteiger partial charge in [-0.2, -0.15) is 13.2 Å². The van der Waals surface area contributed by atoms with Crippen LogP contribution in [0.1, 0.15) is 37.7 Å². The van der Waals surface area contributed by atoms with Crippen LogP contribution in [0.15, 0.2) is 22.7 Å². The summed E-state index contributed by atoms with van der Waals surface area (Å²) in [4.78, 5) is 0. The van der Waals surface area contributed by atoms with Gasteiger partial charge in [0.15, 0.2) is 0 Å². The molecule has 2 unspecified atom stereocenters. The van der Waals surface area contributed by atoms with Gasteiger partial charge in [0.2, 0.25) is 0 Å². The molecule has 1 saturated carbocycles. The van der Waals surface area contributed by atoms with Gasteiger partial charge in [0, 0.05) is 22.2 Å². The van der Waals surface area contributed by atoms with Crippen LogP contribution in [0.25, 0.3) is 0 Å². The summed E-state index contributed by atoms with van der Waals surface area (Å²) in [7, 11) is 0. The minimum atomic E-state index is -4.32. The fourth-order valence-corrected chi connectivity index (χ4v) is 3.02. The third-order valence-corrected chi connectivity index (χ3v) is 4.36. The lowest BCUT2D eigenvalue weighted by atomic mass is 10.0. The second-order valence-electron chi connectivity index (χ2n) is 5.25. The van der Waals surface area contributed by atoms with Crippen LogP contribution in [0.5, 0.6) is 0 Å². The van der Waals surface area contributed by atoms with Crippen molar-refractivity contribution in [2.24, 2.45) is 5.73 Å². The monoisotopic (exact) mass is 350 g/mol. The van der Waals surface area contributed by atoms with E-state index in [9.17, 15) is 13.2 Å². The van der Waals surface area contributed by atoms with Crippen LogP contribution in [-0.4, -0.2) is 12.1 Å². The smallest absolute Gasteiger partial charge is 0.380 e. The highest BCUT2D eigenvalue weighted by Gasteiger charge is 2.31. The van der Waals surface area contributed by atoms with Crippen LogP contribution in [0.4, 0.5) is 18.9 Å². The minimum absolute atomic E-state index is 0.0479. The van der Waals surface area contributed by atoms with Gasteiger partial charge >= 0.3 is 6.18 Å². The van der Waals surface area contributed by atoms with E-state index in [1.165, 1.54) is 12.5 Å². The van der Waals surface area contributed by atoms with Crippen molar-refractivity contribution in [3.63, 3.8) is 0 Å². The molecular formula is C14H18BrF3N2. The van der Waals surface area contributed by atoms with Crippen molar-refractivity contribution in [1.82, 2.24) is 0 Å². The van der Waals surface area contributed by atoms with E-state index in [-0.39, 0.29) is 12.1 Å². The molecule has 0 radical (unpaired) electrons. The Bertz CT molecular complexity index is 462. The van der Waals surface area contributed by atoms with Crippen LogP contribution in [0, 0.1) is 0 Å². The second-order valence-corrected chi connectivity index (χ2v) is 6.10. The van der Waals surface area contributed by atoms with Gasteiger partial charge in [-0.25, -0.2) is 0 Å². The summed E-state index contributed by atoms with van der Waals surface area (Å²) >= 11 is 3.20. The molecular weight excluding hydrogens is 333 g/mol. The fourth-order valence-electron chi connectivity index (χ4n) is 2.52. The van der Waals surface area contributed by atoms with Crippen LogP contribution in [-0.2, 0) is 6.18 Å². The second kappa shape index (κ2) is 6.35. The molecule has 2 atom stereocenters. The average molecular weight is 351 g/mol. The predicted molar refractivity (Wildman–Crippen MR) is 77.6 cm³/mol. The summed E-state index contributed by atoms with van der Waals surface area (Å²) in [6.07, 6.45) is 0.974. The number of anilines is 1. The highest BCUT2D eigenvalue weighted by Crippen LogP contribution is 2.34. The van der Waals surface area contributed by atoms with Crippen LogP contribution in [0.3, 0.4) is 0 Å². The minimum Gasteiger partial charge on any atom is -0.380 e. The summed E-state index contributed by atoms with van der Waals surface area (Å²) in [6, 6.07) is 3.82. The van der Waals surface area contributed by atoms with Gasteiger partial charge in [0.25, 0.3) is 0 Å². The molecule has 1 aromatic carbocycles. The molecule has 0 spiro atoms. The van der Waals surface area contributed by atoms with Crippen molar-refractivity contribution in [1.29, 1.82) is 0 Å². The van der Waals surface area contributed by atoms with E-state index in [1.54, 1.807) is 0 Å². The Morgan fingerprint density at radius 3 is 2.50 bits per heavy atom. The zero-order valence-corrected chi connectivity index (χ0v) is 12.6. The van der Waals surface area contributed by atoms with Crippen molar-refractivity contribution in [3.05, 3.63) is 28.2 Å². The maximum absolute atomic E-state index is 12.6. The number of hydrogen-bond donors (Lipinski definition) is 2. The first-order valence-electron chi connectivity index (χ1n) is 6.77. The Balaban J connectivity index is 2.13. The molecule has 2 rings (SSSR count). The Labute approximate surface area is 125 Å². The van der Waals surface area contributed by atoms with Crippen LogP contribution >= 0.6 is 15.9 Å². The molecule has 1 fully saturated rings. The zero-order chi connectivity index (χ0) is 14.8. The quantitative estimate of drug-likeness (QED) is 0.768. The molecule has 6 heteroatoms. The van der Waals surface area contributed by atoms with Crippen LogP contribution < -0.4 is 11.1 Å². The maximum Gasteiger partial charge on any atom is 0.416 e. The lowest BCUT2D eigenvalue weighted by Gasteiger charge is -2.24. The average Bonchev–Trinajstić information content (AvgIpc) is 2.56. The zero-order valence-electron chi connectivity index (χ0n) is 11.0. The molecule has 0 aliphatic heterocycles. The Morgan fingerprint density at radius 2 is 1.85 bits per heavy atom. The highest BCUT2D eigenvalue weighted by molar-refractivity contribution is 9.10. The normalized spacial score (nSPS) is 24.2. The van der Waals surface area contributed by atoms with Crippen molar-refractivity contribution in [2.45, 2.75) is 50.4 Å². The highest BCUT2D eigenvalue weighted by atomic mass is 79.9. The number of halogens is 4. The molecule has 0 heterocycles. The molecule has 1 aliphatic rings. The first-order chi connectivity index (χ1) is 9.38. The topological polar surface area (TPSA) is 38.0 Å². The number of benzene rings is 1. The van der Waals surface area contributed by atoms with Gasteiger partial charge < -0.3 is 11.1 Å². The van der Waals surface area contributed by atoms with E-state index >= 15 is 0 Å². The van der Waals surface area contributed by atoms with Gasteiger partial charge in [0.1, 0.15) is 0 Å². The van der Waals surface area contributed by atoms with Gasteiger partial charge in [-0.05, 0) is 47.0 Å². The molecule has 2 nitrogen and oxygen atoms in total. The number of rotatable bonds is 2. The number of hydrogen-bond acceptors (Lipinski definition) is 2. The number of nitrogens with one attached hydrogen (secondary N) is 1. The summed E-state index contributed by atoms with van der Waals surface area (Å²) in [5.74, 6) is 0. The van der Waals surface area contributed by atoms with Gasteiger partial charge in [-0.15, -0.1) is 0 Å². The van der Waals surface area contributed by atoms with Gasteiger partial charge in [0.05, 0.1) is 5.56 Å². The molecule has 3 N–H and O–H groups in total. The first kappa shape index (κ1) is 15.6. The molecule has 20 heavy (non-hydrogen) atoms. The lowest BCUT2D eigenvalue weighted by molar-refractivity contribution is -0.137. The molecule has 0 bridgehead atoms. The Hall–Kier alpha value is -0.750. The third kappa shape index (κ3) is 3.88. The Kier molecular flexibility index (Phi) is 4.96. The van der Waals surface area contributed by atoms with Crippen molar-refractivity contribution >= 4 is 21.6 Å². The predicted octanol–water partition coefficient (Wildman–Crippen LogP) is 4.54. The van der Waals surface area contributed by atoms with Crippen molar-refractivity contribution < 1.29 is 13.2 Å². The standard InChI is InChI=1S/C14H18BrF3N2/c15-10-8-9(14(16,17)18)6-7-12(10)20-13-5-3-1-2-4-11(13)19/h6-8,11,13,20H,1-5,19H2. The van der Waals surface area contributed by atoms with Crippen LogP contribution in [0.2, 0.25) is 0 Å². The fraction of sp³-hybridized carbons (Fsp3) is 0.571. The third-order valence-electron chi connectivity index (χ3n) is 3.71. The van der Waals surface area contributed by atoms with E-state index < -0.39 is 11.7 Å². The molecule has 0 aromatic heterocycles. The number of nitrogens with two attached hydrogens (primary N) is 1. The summed E-state index contributed by atoms with van der Waals surface area (Å²) in [6.45, 7) is 0. The van der Waals surface area contributed by atoms with E-state index in [0.29, 0.717) is 10.2 Å². The molecule has 0 saturated heterocycles. The number of alkyl halides is 3. The van der Waals surface area contributed by atoms with E-state index in [0.717, 1.165) is 37.8 Å². The van der Waals surface area contributed by atoms with E-state index in [1.807, 2.05) is 0 Å².